The maximum absolute atomic E-state index is 12.2. The fourth-order valence-electron chi connectivity index (χ4n) is 1.78. The van der Waals surface area contributed by atoms with E-state index in [9.17, 15) is 9.00 Å². The molecule has 5 heteroatoms. The molecule has 1 amide bonds. The van der Waals surface area contributed by atoms with Crippen molar-refractivity contribution in [2.45, 2.75) is 4.90 Å². The van der Waals surface area contributed by atoms with Crippen LogP contribution in [0.1, 0.15) is 10.4 Å². The van der Waals surface area contributed by atoms with Crippen molar-refractivity contribution in [1.82, 2.24) is 0 Å². The van der Waals surface area contributed by atoms with E-state index >= 15 is 0 Å². The van der Waals surface area contributed by atoms with E-state index in [1.54, 1.807) is 61.9 Å². The Labute approximate surface area is 120 Å². The van der Waals surface area contributed by atoms with Gasteiger partial charge in [0, 0.05) is 11.9 Å². The van der Waals surface area contributed by atoms with Crippen molar-refractivity contribution in [3.8, 4) is 5.75 Å². The van der Waals surface area contributed by atoms with Crippen LogP contribution in [0.3, 0.4) is 0 Å². The zero-order valence-corrected chi connectivity index (χ0v) is 12.1. The quantitative estimate of drug-likeness (QED) is 0.941. The second kappa shape index (κ2) is 6.34. The number of methoxy groups -OCH3 is 1. The second-order valence-corrected chi connectivity index (χ2v) is 5.48. The van der Waals surface area contributed by atoms with Crippen LogP contribution in [0.25, 0.3) is 0 Å². The zero-order valence-electron chi connectivity index (χ0n) is 11.3. The smallest absolute Gasteiger partial charge is 0.256 e. The van der Waals surface area contributed by atoms with E-state index in [4.69, 9.17) is 4.74 Å². The summed E-state index contributed by atoms with van der Waals surface area (Å²) < 4.78 is 16.7. The van der Waals surface area contributed by atoms with Gasteiger partial charge in [0.1, 0.15) is 5.75 Å². The molecule has 2 aromatic carbocycles. The molecule has 0 saturated heterocycles. The van der Waals surface area contributed by atoms with Crippen LogP contribution < -0.4 is 10.1 Å². The van der Waals surface area contributed by atoms with Crippen LogP contribution in [-0.2, 0) is 10.8 Å². The Morgan fingerprint density at radius 3 is 2.35 bits per heavy atom. The lowest BCUT2D eigenvalue weighted by Crippen LogP contribution is -2.14. The van der Waals surface area contributed by atoms with Gasteiger partial charge in [-0.3, -0.25) is 9.00 Å². The van der Waals surface area contributed by atoms with Crippen molar-refractivity contribution in [2.24, 2.45) is 0 Å². The van der Waals surface area contributed by atoms with Gasteiger partial charge in [0.25, 0.3) is 5.91 Å². The fraction of sp³-hybridized carbons (Fsp3) is 0.133. The predicted octanol–water partition coefficient (Wildman–Crippen LogP) is 2.68. The minimum Gasteiger partial charge on any atom is -0.497 e. The Hall–Kier alpha value is -2.14. The molecule has 1 N–H and O–H groups in total. The molecule has 20 heavy (non-hydrogen) atoms. The van der Waals surface area contributed by atoms with Crippen LogP contribution in [0.2, 0.25) is 0 Å². The number of hydrogen-bond acceptors (Lipinski definition) is 3. The van der Waals surface area contributed by atoms with Crippen LogP contribution in [0.15, 0.2) is 53.4 Å². The molecule has 2 aromatic rings. The largest absolute Gasteiger partial charge is 0.497 e. The average molecular weight is 289 g/mol. The first-order valence-electron chi connectivity index (χ1n) is 5.99. The number of ether oxygens (including phenoxy) is 1. The Balaban J connectivity index is 2.21. The number of carbonyl (C=O) groups excluding carboxylic acids is 1. The van der Waals surface area contributed by atoms with Gasteiger partial charge in [0.2, 0.25) is 0 Å². The van der Waals surface area contributed by atoms with Crippen molar-refractivity contribution < 1.29 is 13.7 Å². The topological polar surface area (TPSA) is 55.4 Å². The monoisotopic (exact) mass is 289 g/mol. The highest BCUT2D eigenvalue weighted by Gasteiger charge is 2.13. The number of anilines is 1. The van der Waals surface area contributed by atoms with E-state index in [1.165, 1.54) is 0 Å². The van der Waals surface area contributed by atoms with Gasteiger partial charge >= 0.3 is 0 Å². The Morgan fingerprint density at radius 2 is 1.75 bits per heavy atom. The zero-order chi connectivity index (χ0) is 14.5. The van der Waals surface area contributed by atoms with E-state index < -0.39 is 10.8 Å². The third-order valence-corrected chi connectivity index (χ3v) is 3.76. The highest BCUT2D eigenvalue weighted by molar-refractivity contribution is 7.84. The summed E-state index contributed by atoms with van der Waals surface area (Å²) in [4.78, 5) is 12.7. The fourth-order valence-corrected chi connectivity index (χ4v) is 2.52. The van der Waals surface area contributed by atoms with Crippen molar-refractivity contribution in [1.29, 1.82) is 0 Å². The van der Waals surface area contributed by atoms with E-state index in [2.05, 4.69) is 5.32 Å². The second-order valence-electron chi connectivity index (χ2n) is 4.13. The summed E-state index contributed by atoms with van der Waals surface area (Å²) in [5.41, 5.74) is 1.08. The van der Waals surface area contributed by atoms with Gasteiger partial charge in [-0.1, -0.05) is 12.1 Å². The normalized spacial score (nSPS) is 11.7. The standard InChI is InChI=1S/C15H15NO3S/c1-19-12-9-7-11(8-10-12)16-15(17)13-5-3-4-6-14(13)20(2)18/h3-10H,1-2H3,(H,16,17)/t20-/m0/s1. The molecule has 0 spiro atoms. The molecule has 1 atom stereocenters. The van der Waals surface area contributed by atoms with Gasteiger partial charge in [-0.15, -0.1) is 0 Å². The molecule has 104 valence electrons. The molecule has 0 aromatic heterocycles. The molecule has 4 nitrogen and oxygen atoms in total. The molecule has 0 aliphatic rings. The van der Waals surface area contributed by atoms with E-state index in [1.807, 2.05) is 0 Å². The minimum atomic E-state index is -1.21. The summed E-state index contributed by atoms with van der Waals surface area (Å²) in [7, 11) is 0.379. The molecule has 0 aliphatic carbocycles. The molecule has 0 aliphatic heterocycles. The van der Waals surface area contributed by atoms with Gasteiger partial charge in [0.15, 0.2) is 0 Å². The summed E-state index contributed by atoms with van der Waals surface area (Å²) in [6, 6.07) is 13.9. The van der Waals surface area contributed by atoms with Crippen molar-refractivity contribution in [3.63, 3.8) is 0 Å². The van der Waals surface area contributed by atoms with Crippen LogP contribution in [0.5, 0.6) is 5.75 Å². The van der Waals surface area contributed by atoms with E-state index in [0.29, 0.717) is 16.1 Å². The molecule has 0 fully saturated rings. The summed E-state index contributed by atoms with van der Waals surface area (Å²) in [5, 5.41) is 2.78. The molecule has 0 unspecified atom stereocenters. The first-order valence-corrected chi connectivity index (χ1v) is 7.55. The van der Waals surface area contributed by atoms with Crippen LogP contribution >= 0.6 is 0 Å². The lowest BCUT2D eigenvalue weighted by atomic mass is 10.2. The Morgan fingerprint density at radius 1 is 1.10 bits per heavy atom. The van der Waals surface area contributed by atoms with E-state index in [-0.39, 0.29) is 5.91 Å². The SMILES string of the molecule is COc1ccc(NC(=O)c2ccccc2[S@](C)=O)cc1. The highest BCUT2D eigenvalue weighted by Crippen LogP contribution is 2.18. The van der Waals surface area contributed by atoms with Gasteiger partial charge in [-0.05, 0) is 36.4 Å². The Kier molecular flexibility index (Phi) is 4.53. The lowest BCUT2D eigenvalue weighted by Gasteiger charge is -2.09. The molecule has 0 radical (unpaired) electrons. The summed E-state index contributed by atoms with van der Waals surface area (Å²) in [6.45, 7) is 0. The molecule has 2 rings (SSSR count). The highest BCUT2D eigenvalue weighted by atomic mass is 32.2. The third kappa shape index (κ3) is 3.24. The van der Waals surface area contributed by atoms with Gasteiger partial charge in [0.05, 0.1) is 28.4 Å². The summed E-state index contributed by atoms with van der Waals surface area (Å²) in [6.07, 6.45) is 1.56. The minimum absolute atomic E-state index is 0.277. The average Bonchev–Trinajstić information content (AvgIpc) is 2.48. The van der Waals surface area contributed by atoms with Crippen LogP contribution in [0.4, 0.5) is 5.69 Å². The molecular formula is C15H15NO3S. The summed E-state index contributed by atoms with van der Waals surface area (Å²) >= 11 is 0. The number of rotatable bonds is 4. The third-order valence-electron chi connectivity index (χ3n) is 2.79. The molecule has 0 bridgehead atoms. The molecule has 0 heterocycles. The molecule has 0 saturated carbocycles. The van der Waals surface area contributed by atoms with Crippen molar-refractivity contribution in [3.05, 3.63) is 54.1 Å². The number of hydrogen-bond donors (Lipinski definition) is 1. The van der Waals surface area contributed by atoms with Gasteiger partial charge in [-0.25, -0.2) is 0 Å². The number of benzene rings is 2. The number of amides is 1. The maximum Gasteiger partial charge on any atom is 0.256 e. The maximum atomic E-state index is 12.2. The van der Waals surface area contributed by atoms with Crippen LogP contribution in [0, 0.1) is 0 Å². The summed E-state index contributed by atoms with van der Waals surface area (Å²) in [5.74, 6) is 0.444. The van der Waals surface area contributed by atoms with Gasteiger partial charge < -0.3 is 10.1 Å². The first kappa shape index (κ1) is 14.3. The number of nitrogens with one attached hydrogen (secondary N) is 1. The molecular weight excluding hydrogens is 274 g/mol. The van der Waals surface area contributed by atoms with Crippen LogP contribution in [-0.4, -0.2) is 23.5 Å². The first-order chi connectivity index (χ1) is 9.61. The predicted molar refractivity (Wildman–Crippen MR) is 79.7 cm³/mol. The van der Waals surface area contributed by atoms with Crippen molar-refractivity contribution >= 4 is 22.4 Å². The van der Waals surface area contributed by atoms with Crippen molar-refractivity contribution in [2.75, 3.05) is 18.7 Å². The number of carbonyl (C=O) groups is 1. The van der Waals surface area contributed by atoms with Gasteiger partial charge in [-0.2, -0.15) is 0 Å². The van der Waals surface area contributed by atoms with E-state index in [0.717, 1.165) is 5.75 Å². The Bertz CT molecular complexity index is 638. The lowest BCUT2D eigenvalue weighted by molar-refractivity contribution is 0.102.